The predicted molar refractivity (Wildman–Crippen MR) is 98.9 cm³/mol. The minimum atomic E-state index is -3.99. The third-order valence-corrected chi connectivity index (χ3v) is 13.0. The van der Waals surface area contributed by atoms with Crippen LogP contribution in [0.3, 0.4) is 0 Å². The number of hydrogen-bond acceptors (Lipinski definition) is 1. The Labute approximate surface area is 142 Å². The Morgan fingerprint density at radius 3 is 0.913 bits per heavy atom. The molecule has 0 unspecified atom stereocenters. The van der Waals surface area contributed by atoms with Gasteiger partial charge in [0.2, 0.25) is 0 Å². The number of aryl methyl sites for hydroxylation is 3. The van der Waals surface area contributed by atoms with E-state index < -0.39 is 18.8 Å². The molecule has 0 aromatic heterocycles. The summed E-state index contributed by atoms with van der Waals surface area (Å²) in [5.41, 5.74) is 3.57. The van der Waals surface area contributed by atoms with Gasteiger partial charge >= 0.3 is 143 Å². The Balaban J connectivity index is 2.24. The van der Waals surface area contributed by atoms with Gasteiger partial charge in [-0.2, -0.15) is 0 Å². The molecule has 0 heterocycles. The summed E-state index contributed by atoms with van der Waals surface area (Å²) in [5, 5.41) is 0. The van der Waals surface area contributed by atoms with E-state index in [1.807, 2.05) is 36.4 Å². The zero-order valence-electron chi connectivity index (χ0n) is 13.8. The molecule has 3 aromatic rings. The van der Waals surface area contributed by atoms with Gasteiger partial charge in [0.05, 0.1) is 0 Å². The van der Waals surface area contributed by atoms with Gasteiger partial charge in [0.25, 0.3) is 0 Å². The molecule has 0 saturated carbocycles. The maximum absolute atomic E-state index is 14.2. The summed E-state index contributed by atoms with van der Waals surface area (Å²) in [7, 11) is 0. The van der Waals surface area contributed by atoms with E-state index >= 15 is 0 Å². The van der Waals surface area contributed by atoms with Gasteiger partial charge < -0.3 is 0 Å². The summed E-state index contributed by atoms with van der Waals surface area (Å²) in [6, 6.07) is 24.5. The van der Waals surface area contributed by atoms with Gasteiger partial charge in [0, 0.05) is 0 Å². The Hall–Kier alpha value is -1.72. The fourth-order valence-corrected chi connectivity index (χ4v) is 10.1. The minimum absolute atomic E-state index is 0.974. The van der Waals surface area contributed by atoms with Crippen LogP contribution >= 0.6 is 0 Å². The molecule has 23 heavy (non-hydrogen) atoms. The van der Waals surface area contributed by atoms with Crippen LogP contribution < -0.4 is 10.5 Å². The third kappa shape index (κ3) is 3.16. The standard InChI is InChI=1S/3C7H7.O.Sb/c3*1-7-5-3-2-4-6-7;;/h3*3-6H,1H3;;. The van der Waals surface area contributed by atoms with Crippen LogP contribution in [0.2, 0.25) is 0 Å². The molecule has 0 saturated heterocycles. The molecule has 0 atom stereocenters. The van der Waals surface area contributed by atoms with Gasteiger partial charge in [-0.15, -0.1) is 0 Å². The number of hydrogen-bond donors (Lipinski definition) is 0. The zero-order valence-corrected chi connectivity index (χ0v) is 16.3. The molecule has 2 heteroatoms. The van der Waals surface area contributed by atoms with Gasteiger partial charge in [0.1, 0.15) is 0 Å². The Morgan fingerprint density at radius 1 is 0.478 bits per heavy atom. The summed E-state index contributed by atoms with van der Waals surface area (Å²) in [6.45, 7) is 6.17. The monoisotopic (exact) mass is 410 g/mol. The molecule has 0 amide bonds. The molecule has 0 fully saturated rings. The van der Waals surface area contributed by atoms with Gasteiger partial charge in [0.15, 0.2) is 0 Å². The van der Waals surface area contributed by atoms with Crippen molar-refractivity contribution in [3.05, 3.63) is 89.5 Å². The van der Waals surface area contributed by atoms with Gasteiger partial charge in [-0.1, -0.05) is 0 Å². The van der Waals surface area contributed by atoms with Crippen molar-refractivity contribution in [1.82, 2.24) is 0 Å². The molecule has 0 radical (unpaired) electrons. The molecule has 0 aliphatic rings. The molecule has 116 valence electrons. The van der Waals surface area contributed by atoms with Crippen LogP contribution in [0.25, 0.3) is 0 Å². The fraction of sp³-hybridized carbons (Fsp3) is 0.143. The summed E-state index contributed by atoms with van der Waals surface area (Å²) >= 11 is -3.99. The maximum atomic E-state index is 14.2. The van der Waals surface area contributed by atoms with Crippen LogP contribution in [-0.4, -0.2) is 18.8 Å². The molecule has 0 spiro atoms. The molecule has 3 aromatic carbocycles. The second-order valence-corrected chi connectivity index (χ2v) is 14.0. The SMILES string of the molecule is Cc1cc[c]([Sb](=[O])([c]2ccc(C)cc2)[c]2ccc(C)cc2)cc1. The van der Waals surface area contributed by atoms with Crippen molar-refractivity contribution >= 4 is 29.3 Å². The Kier molecular flexibility index (Phi) is 4.50. The van der Waals surface area contributed by atoms with Crippen molar-refractivity contribution in [2.75, 3.05) is 0 Å². The first-order valence-corrected chi connectivity index (χ1v) is 12.7. The van der Waals surface area contributed by atoms with Crippen LogP contribution in [-0.2, 0) is 3.02 Å². The van der Waals surface area contributed by atoms with Crippen LogP contribution in [0.5, 0.6) is 0 Å². The van der Waals surface area contributed by atoms with Crippen molar-refractivity contribution < 1.29 is 3.02 Å². The van der Waals surface area contributed by atoms with E-state index in [2.05, 4.69) is 57.2 Å². The summed E-state index contributed by atoms with van der Waals surface area (Å²) < 4.78 is 17.2. The molecule has 1 nitrogen and oxygen atoms in total. The van der Waals surface area contributed by atoms with E-state index in [-0.39, 0.29) is 0 Å². The fourth-order valence-electron chi connectivity index (χ4n) is 2.71. The first kappa shape index (κ1) is 16.1. The quantitative estimate of drug-likeness (QED) is 0.606. The summed E-state index contributed by atoms with van der Waals surface area (Å²) in [4.78, 5) is 0. The molecule has 3 rings (SSSR count). The van der Waals surface area contributed by atoms with Crippen molar-refractivity contribution in [2.45, 2.75) is 20.8 Å². The first-order chi connectivity index (χ1) is 11.0. The molecular formula is C21H21OSb. The van der Waals surface area contributed by atoms with E-state index in [0.29, 0.717) is 0 Å². The van der Waals surface area contributed by atoms with E-state index in [1.165, 1.54) is 16.7 Å². The first-order valence-electron chi connectivity index (χ1n) is 7.82. The van der Waals surface area contributed by atoms with E-state index in [4.69, 9.17) is 0 Å². The average Bonchev–Trinajstić information content (AvgIpc) is 2.56. The number of rotatable bonds is 3. The van der Waals surface area contributed by atoms with E-state index in [9.17, 15) is 3.02 Å². The summed E-state index contributed by atoms with van der Waals surface area (Å²) in [5.74, 6) is 0. The van der Waals surface area contributed by atoms with Crippen LogP contribution in [0, 0.1) is 20.8 Å². The normalized spacial score (nSPS) is 11.4. The molecule has 0 bridgehead atoms. The van der Waals surface area contributed by atoms with Gasteiger partial charge in [-0.3, -0.25) is 0 Å². The van der Waals surface area contributed by atoms with Gasteiger partial charge in [-0.05, 0) is 0 Å². The van der Waals surface area contributed by atoms with Crippen molar-refractivity contribution in [1.29, 1.82) is 0 Å². The average molecular weight is 411 g/mol. The molecule has 0 aliphatic heterocycles. The second kappa shape index (κ2) is 6.41. The number of benzene rings is 3. The van der Waals surface area contributed by atoms with Crippen molar-refractivity contribution in [3.8, 4) is 0 Å². The zero-order chi connectivity index (χ0) is 16.4. The van der Waals surface area contributed by atoms with E-state index in [1.54, 1.807) is 0 Å². The van der Waals surface area contributed by atoms with E-state index in [0.717, 1.165) is 10.5 Å². The second-order valence-electron chi connectivity index (χ2n) is 6.12. The summed E-state index contributed by atoms with van der Waals surface area (Å²) in [6.07, 6.45) is 0. The molecule has 0 aliphatic carbocycles. The van der Waals surface area contributed by atoms with Gasteiger partial charge in [-0.25, -0.2) is 0 Å². The molecule has 0 N–H and O–H groups in total. The third-order valence-electron chi connectivity index (χ3n) is 4.19. The van der Waals surface area contributed by atoms with Crippen LogP contribution in [0.15, 0.2) is 72.8 Å². The van der Waals surface area contributed by atoms with Crippen LogP contribution in [0.4, 0.5) is 0 Å². The Bertz CT molecular complexity index is 726. The Morgan fingerprint density at radius 2 is 0.696 bits per heavy atom. The van der Waals surface area contributed by atoms with Crippen molar-refractivity contribution in [2.24, 2.45) is 0 Å². The topological polar surface area (TPSA) is 17.1 Å². The van der Waals surface area contributed by atoms with Crippen LogP contribution in [0.1, 0.15) is 16.7 Å². The van der Waals surface area contributed by atoms with Crippen molar-refractivity contribution in [3.63, 3.8) is 0 Å². The molecular weight excluding hydrogens is 390 g/mol. The predicted octanol–water partition coefficient (Wildman–Crippen LogP) is 3.01.